The molecule has 2 aromatic rings. The number of sulfonamides is 1. The largest absolute Gasteiger partial charge is 0.435 e. The third-order valence-corrected chi connectivity index (χ3v) is 4.16. The number of rotatable bonds is 7. The summed E-state index contributed by atoms with van der Waals surface area (Å²) in [5.74, 6) is -0.365. The summed E-state index contributed by atoms with van der Waals surface area (Å²) in [4.78, 5) is 0. The molecule has 22 heavy (non-hydrogen) atoms. The van der Waals surface area contributed by atoms with Crippen LogP contribution in [0.15, 0.2) is 41.1 Å². The molecule has 0 saturated carbocycles. The Bertz CT molecular complexity index is 705. The first-order valence-corrected chi connectivity index (χ1v) is 7.95. The Morgan fingerprint density at radius 1 is 1.36 bits per heavy atom. The predicted molar refractivity (Wildman–Crippen MR) is 73.8 cm³/mol. The SMILES string of the molecule is CC(NS(=O)(=O)Cc1ccon1)c1cccc(OC(F)F)c1. The van der Waals surface area contributed by atoms with Crippen LogP contribution in [0.5, 0.6) is 5.75 Å². The van der Waals surface area contributed by atoms with Crippen molar-refractivity contribution >= 4 is 10.0 Å². The lowest BCUT2D eigenvalue weighted by Crippen LogP contribution is -2.28. The Hall–Kier alpha value is -2.00. The maximum atomic E-state index is 12.2. The fourth-order valence-electron chi connectivity index (χ4n) is 1.85. The molecule has 0 spiro atoms. The van der Waals surface area contributed by atoms with Gasteiger partial charge in [-0.25, -0.2) is 13.1 Å². The number of aromatic nitrogens is 1. The Morgan fingerprint density at radius 2 is 2.14 bits per heavy atom. The van der Waals surface area contributed by atoms with E-state index >= 15 is 0 Å². The van der Waals surface area contributed by atoms with E-state index in [9.17, 15) is 17.2 Å². The van der Waals surface area contributed by atoms with Crippen molar-refractivity contribution < 1.29 is 26.5 Å². The molecule has 2 rings (SSSR count). The van der Waals surface area contributed by atoms with E-state index in [1.54, 1.807) is 13.0 Å². The molecule has 1 N–H and O–H groups in total. The molecule has 1 atom stereocenters. The van der Waals surface area contributed by atoms with E-state index < -0.39 is 22.7 Å². The van der Waals surface area contributed by atoms with Crippen LogP contribution in [0.1, 0.15) is 24.2 Å². The van der Waals surface area contributed by atoms with Gasteiger partial charge in [0.25, 0.3) is 0 Å². The van der Waals surface area contributed by atoms with Gasteiger partial charge in [0.05, 0.1) is 5.69 Å². The third-order valence-electron chi connectivity index (χ3n) is 2.77. The first-order valence-electron chi connectivity index (χ1n) is 6.30. The molecule has 0 saturated heterocycles. The van der Waals surface area contributed by atoms with Gasteiger partial charge in [-0.15, -0.1) is 0 Å². The number of nitrogens with one attached hydrogen (secondary N) is 1. The summed E-state index contributed by atoms with van der Waals surface area (Å²) in [7, 11) is -3.65. The van der Waals surface area contributed by atoms with Crippen LogP contribution in [0, 0.1) is 0 Å². The first-order chi connectivity index (χ1) is 10.4. The zero-order chi connectivity index (χ0) is 16.2. The average molecular weight is 332 g/mol. The van der Waals surface area contributed by atoms with Gasteiger partial charge < -0.3 is 9.26 Å². The molecule has 120 valence electrons. The zero-order valence-corrected chi connectivity index (χ0v) is 12.4. The highest BCUT2D eigenvalue weighted by atomic mass is 32.2. The van der Waals surface area contributed by atoms with Gasteiger partial charge in [-0.3, -0.25) is 0 Å². The maximum Gasteiger partial charge on any atom is 0.387 e. The van der Waals surface area contributed by atoms with Crippen molar-refractivity contribution in [1.82, 2.24) is 9.88 Å². The Labute approximate surface area is 126 Å². The minimum atomic E-state index is -3.65. The van der Waals surface area contributed by atoms with E-state index in [1.165, 1.54) is 30.5 Å². The molecular weight excluding hydrogens is 318 g/mol. The van der Waals surface area contributed by atoms with E-state index in [0.717, 1.165) is 0 Å². The van der Waals surface area contributed by atoms with Gasteiger partial charge in [0.1, 0.15) is 17.8 Å². The van der Waals surface area contributed by atoms with E-state index in [1.807, 2.05) is 0 Å². The summed E-state index contributed by atoms with van der Waals surface area (Å²) in [6.07, 6.45) is 1.28. The molecule has 0 bridgehead atoms. The van der Waals surface area contributed by atoms with Gasteiger partial charge in [0.2, 0.25) is 10.0 Å². The summed E-state index contributed by atoms with van der Waals surface area (Å²) in [6.45, 7) is -1.34. The molecule has 0 radical (unpaired) electrons. The summed E-state index contributed by atoms with van der Waals surface area (Å²) in [5.41, 5.74) is 0.774. The van der Waals surface area contributed by atoms with Crippen LogP contribution in [-0.4, -0.2) is 20.2 Å². The molecule has 0 amide bonds. The number of alkyl halides is 2. The van der Waals surface area contributed by atoms with Crippen molar-refractivity contribution in [3.8, 4) is 5.75 Å². The van der Waals surface area contributed by atoms with E-state index in [4.69, 9.17) is 0 Å². The molecule has 1 aromatic heterocycles. The second-order valence-corrected chi connectivity index (χ2v) is 6.29. The standard InChI is InChI=1S/C13H14F2N2O4S/c1-9(10-3-2-4-12(7-10)21-13(14)15)17-22(18,19)8-11-5-6-20-16-11/h2-7,9,13,17H,8H2,1H3. The Balaban J connectivity index is 2.06. The molecule has 0 aliphatic heterocycles. The predicted octanol–water partition coefficient (Wildman–Crippen LogP) is 2.46. The van der Waals surface area contributed by atoms with Gasteiger partial charge in [-0.2, -0.15) is 8.78 Å². The van der Waals surface area contributed by atoms with Crippen molar-refractivity contribution in [2.45, 2.75) is 25.3 Å². The molecule has 0 aliphatic carbocycles. The highest BCUT2D eigenvalue weighted by Gasteiger charge is 2.18. The lowest BCUT2D eigenvalue weighted by atomic mass is 10.1. The van der Waals surface area contributed by atoms with Gasteiger partial charge in [-0.1, -0.05) is 17.3 Å². The summed E-state index contributed by atoms with van der Waals surface area (Å²) in [6, 6.07) is 6.68. The van der Waals surface area contributed by atoms with Gasteiger partial charge >= 0.3 is 6.61 Å². The average Bonchev–Trinajstić information content (AvgIpc) is 2.89. The highest BCUT2D eigenvalue weighted by molar-refractivity contribution is 7.88. The number of nitrogens with zero attached hydrogens (tertiary/aromatic N) is 1. The van der Waals surface area contributed by atoms with E-state index in [-0.39, 0.29) is 17.2 Å². The topological polar surface area (TPSA) is 81.4 Å². The van der Waals surface area contributed by atoms with Crippen LogP contribution >= 0.6 is 0 Å². The Kier molecular flexibility index (Phi) is 5.09. The van der Waals surface area contributed by atoms with Crippen LogP contribution in [0.2, 0.25) is 0 Å². The summed E-state index contributed by atoms with van der Waals surface area (Å²) >= 11 is 0. The fraction of sp³-hybridized carbons (Fsp3) is 0.308. The summed E-state index contributed by atoms with van der Waals surface area (Å²) in [5, 5.41) is 3.53. The maximum absolute atomic E-state index is 12.2. The lowest BCUT2D eigenvalue weighted by molar-refractivity contribution is -0.0499. The zero-order valence-electron chi connectivity index (χ0n) is 11.6. The molecule has 1 heterocycles. The highest BCUT2D eigenvalue weighted by Crippen LogP contribution is 2.21. The Morgan fingerprint density at radius 3 is 2.77 bits per heavy atom. The number of benzene rings is 1. The van der Waals surface area contributed by atoms with Crippen molar-refractivity contribution in [1.29, 1.82) is 0 Å². The number of ether oxygens (including phenoxy) is 1. The van der Waals surface area contributed by atoms with Crippen LogP contribution < -0.4 is 9.46 Å². The number of hydrogen-bond donors (Lipinski definition) is 1. The second kappa shape index (κ2) is 6.84. The molecule has 0 fully saturated rings. The van der Waals surface area contributed by atoms with Crippen molar-refractivity contribution in [2.24, 2.45) is 0 Å². The van der Waals surface area contributed by atoms with Gasteiger partial charge in [0.15, 0.2) is 0 Å². The minimum Gasteiger partial charge on any atom is -0.435 e. The van der Waals surface area contributed by atoms with Crippen molar-refractivity contribution in [3.63, 3.8) is 0 Å². The van der Waals surface area contributed by atoms with Gasteiger partial charge in [0, 0.05) is 12.1 Å². The third kappa shape index (κ3) is 4.78. The molecule has 6 nitrogen and oxygen atoms in total. The van der Waals surface area contributed by atoms with Crippen molar-refractivity contribution in [3.05, 3.63) is 47.9 Å². The van der Waals surface area contributed by atoms with E-state index in [0.29, 0.717) is 5.56 Å². The number of halogens is 2. The lowest BCUT2D eigenvalue weighted by Gasteiger charge is -2.15. The van der Waals surface area contributed by atoms with Gasteiger partial charge in [-0.05, 0) is 24.6 Å². The van der Waals surface area contributed by atoms with Crippen LogP contribution in [0.4, 0.5) is 8.78 Å². The fourth-order valence-corrected chi connectivity index (χ4v) is 3.14. The van der Waals surface area contributed by atoms with Crippen LogP contribution in [0.3, 0.4) is 0 Å². The molecule has 1 aromatic carbocycles. The van der Waals surface area contributed by atoms with Crippen molar-refractivity contribution in [2.75, 3.05) is 0 Å². The minimum absolute atomic E-state index is 0.0324. The smallest absolute Gasteiger partial charge is 0.387 e. The van der Waals surface area contributed by atoms with Crippen LogP contribution in [0.25, 0.3) is 0 Å². The molecule has 1 unspecified atom stereocenters. The monoisotopic (exact) mass is 332 g/mol. The molecule has 0 aliphatic rings. The summed E-state index contributed by atoms with van der Waals surface area (Å²) < 4.78 is 59.7. The van der Waals surface area contributed by atoms with Crippen LogP contribution in [-0.2, 0) is 15.8 Å². The molecular formula is C13H14F2N2O4S. The normalized spacial score (nSPS) is 13.3. The first kappa shape index (κ1) is 16.4. The second-order valence-electron chi connectivity index (χ2n) is 4.54. The molecule has 9 heteroatoms. The number of hydrogen-bond acceptors (Lipinski definition) is 5. The van der Waals surface area contributed by atoms with E-state index in [2.05, 4.69) is 19.1 Å². The quantitative estimate of drug-likeness (QED) is 0.842.